The van der Waals surface area contributed by atoms with Crippen molar-refractivity contribution in [3.05, 3.63) is 82.6 Å². The zero-order valence-electron chi connectivity index (χ0n) is 14.4. The largest absolute Gasteiger partial charge is 0.334 e. The Labute approximate surface area is 172 Å². The van der Waals surface area contributed by atoms with Crippen LogP contribution >= 0.6 is 23.2 Å². The molecule has 0 unspecified atom stereocenters. The van der Waals surface area contributed by atoms with Gasteiger partial charge in [0.1, 0.15) is 0 Å². The molecule has 0 spiro atoms. The van der Waals surface area contributed by atoms with Crippen molar-refractivity contribution in [2.24, 2.45) is 0 Å². The maximum Gasteiger partial charge on any atom is 0.319 e. The summed E-state index contributed by atoms with van der Waals surface area (Å²) < 4.78 is 25.5. The van der Waals surface area contributed by atoms with E-state index in [1.165, 1.54) is 42.5 Å². The van der Waals surface area contributed by atoms with E-state index in [0.717, 1.165) is 5.56 Å². The van der Waals surface area contributed by atoms with Crippen molar-refractivity contribution >= 4 is 44.8 Å². The predicted molar refractivity (Wildman–Crippen MR) is 108 cm³/mol. The number of nitrogens with one attached hydrogen (secondary N) is 2. The molecule has 6 nitrogen and oxygen atoms in total. The van der Waals surface area contributed by atoms with Crippen LogP contribution in [0.25, 0.3) is 0 Å². The van der Waals surface area contributed by atoms with E-state index in [4.69, 9.17) is 23.2 Å². The maximum absolute atomic E-state index is 12.7. The lowest BCUT2D eigenvalue weighted by Gasteiger charge is -2.10. The first-order valence-corrected chi connectivity index (χ1v) is 10.3. The molecule has 0 saturated heterocycles. The van der Waals surface area contributed by atoms with Crippen molar-refractivity contribution in [3.63, 3.8) is 0 Å². The fourth-order valence-electron chi connectivity index (χ4n) is 2.40. The number of halogens is 2. The minimum atomic E-state index is -3.80. The number of anilines is 1. The van der Waals surface area contributed by atoms with Crippen LogP contribution in [0.3, 0.4) is 0 Å². The second-order valence-corrected chi connectivity index (χ2v) is 8.53. The third-order valence-corrected chi connectivity index (χ3v) is 6.27. The summed E-state index contributed by atoms with van der Waals surface area (Å²) >= 11 is 11.8. The normalized spacial score (nSPS) is 11.1. The summed E-state index contributed by atoms with van der Waals surface area (Å²) in [5.74, 6) is 0. The molecule has 0 aliphatic heterocycles. The lowest BCUT2D eigenvalue weighted by atomic mass is 10.3. The van der Waals surface area contributed by atoms with Crippen molar-refractivity contribution < 1.29 is 13.2 Å². The third kappa shape index (κ3) is 4.81. The third-order valence-electron chi connectivity index (χ3n) is 3.78. The van der Waals surface area contributed by atoms with Gasteiger partial charge in [-0.15, -0.1) is 0 Å². The summed E-state index contributed by atoms with van der Waals surface area (Å²) in [4.78, 5) is 16.0. The summed E-state index contributed by atoms with van der Waals surface area (Å²) in [6.07, 6.45) is 3.30. The van der Waals surface area contributed by atoms with Crippen LogP contribution in [0, 0.1) is 0 Å². The molecule has 0 bridgehead atoms. The standard InChI is InChI=1S/C19H15Cl2N3O3S/c20-14-3-8-18(17(21)10-14)28(26,27)16-6-4-15(5-7-16)24-19(25)23-12-13-2-1-9-22-11-13/h1-11H,12H2,(H2,23,24,25). The van der Waals surface area contributed by atoms with Gasteiger partial charge >= 0.3 is 6.03 Å². The molecular weight excluding hydrogens is 421 g/mol. The fourth-order valence-corrected chi connectivity index (χ4v) is 4.42. The van der Waals surface area contributed by atoms with Gasteiger partial charge in [-0.3, -0.25) is 4.98 Å². The van der Waals surface area contributed by atoms with Crippen LogP contribution in [-0.2, 0) is 16.4 Å². The number of rotatable bonds is 5. The first-order valence-electron chi connectivity index (χ1n) is 8.10. The number of pyridine rings is 1. The quantitative estimate of drug-likeness (QED) is 0.615. The SMILES string of the molecule is O=C(NCc1cccnc1)Nc1ccc(S(=O)(=O)c2ccc(Cl)cc2Cl)cc1. The van der Waals surface area contributed by atoms with E-state index in [9.17, 15) is 13.2 Å². The lowest BCUT2D eigenvalue weighted by molar-refractivity contribution is 0.251. The number of benzene rings is 2. The summed E-state index contributed by atoms with van der Waals surface area (Å²) in [7, 11) is -3.80. The molecule has 0 saturated carbocycles. The number of sulfone groups is 1. The number of carbonyl (C=O) groups is 1. The van der Waals surface area contributed by atoms with Gasteiger partial charge in [-0.05, 0) is 54.1 Å². The molecule has 0 fully saturated rings. The Hall–Kier alpha value is -2.61. The highest BCUT2D eigenvalue weighted by Gasteiger charge is 2.21. The van der Waals surface area contributed by atoms with E-state index in [0.29, 0.717) is 17.3 Å². The highest BCUT2D eigenvalue weighted by Crippen LogP contribution is 2.30. The Morgan fingerprint density at radius 2 is 1.79 bits per heavy atom. The first kappa shape index (κ1) is 20.1. The molecule has 2 N–H and O–H groups in total. The number of carbonyl (C=O) groups excluding carboxylic acids is 1. The number of aromatic nitrogens is 1. The zero-order chi connectivity index (χ0) is 20.1. The minimum absolute atomic E-state index is 0.0338. The number of urea groups is 1. The van der Waals surface area contributed by atoms with Crippen LogP contribution < -0.4 is 10.6 Å². The first-order chi connectivity index (χ1) is 13.4. The van der Waals surface area contributed by atoms with Gasteiger partial charge in [0, 0.05) is 29.6 Å². The van der Waals surface area contributed by atoms with Gasteiger partial charge in [0.15, 0.2) is 0 Å². The van der Waals surface area contributed by atoms with Crippen molar-refractivity contribution in [2.45, 2.75) is 16.3 Å². The van der Waals surface area contributed by atoms with E-state index in [1.54, 1.807) is 18.5 Å². The van der Waals surface area contributed by atoms with Gasteiger partial charge < -0.3 is 10.6 Å². The van der Waals surface area contributed by atoms with Gasteiger partial charge in [-0.25, -0.2) is 13.2 Å². The van der Waals surface area contributed by atoms with Gasteiger partial charge in [-0.1, -0.05) is 29.3 Å². The van der Waals surface area contributed by atoms with Crippen LogP contribution in [0.5, 0.6) is 0 Å². The molecule has 144 valence electrons. The van der Waals surface area contributed by atoms with Crippen molar-refractivity contribution in [1.29, 1.82) is 0 Å². The van der Waals surface area contributed by atoms with Crippen LogP contribution in [-0.4, -0.2) is 19.4 Å². The molecule has 3 aromatic rings. The number of hydrogen-bond acceptors (Lipinski definition) is 4. The molecule has 0 aliphatic carbocycles. The molecule has 3 rings (SSSR count). The van der Waals surface area contributed by atoms with E-state index in [2.05, 4.69) is 15.6 Å². The van der Waals surface area contributed by atoms with E-state index in [-0.39, 0.29) is 14.8 Å². The molecule has 0 atom stereocenters. The summed E-state index contributed by atoms with van der Waals surface area (Å²) in [5, 5.41) is 5.73. The molecule has 1 heterocycles. The zero-order valence-corrected chi connectivity index (χ0v) is 16.7. The van der Waals surface area contributed by atoms with Crippen LogP contribution in [0.2, 0.25) is 10.0 Å². The molecule has 0 radical (unpaired) electrons. The monoisotopic (exact) mass is 435 g/mol. The fraction of sp³-hybridized carbons (Fsp3) is 0.0526. The Morgan fingerprint density at radius 3 is 2.43 bits per heavy atom. The molecule has 2 aromatic carbocycles. The molecule has 28 heavy (non-hydrogen) atoms. The summed E-state index contributed by atoms with van der Waals surface area (Å²) in [6, 6.07) is 13.2. The second kappa shape index (κ2) is 8.60. The summed E-state index contributed by atoms with van der Waals surface area (Å²) in [6.45, 7) is 0.321. The Bertz CT molecular complexity index is 1090. The Morgan fingerprint density at radius 1 is 1.04 bits per heavy atom. The summed E-state index contributed by atoms with van der Waals surface area (Å²) in [5.41, 5.74) is 1.31. The molecule has 2 amide bonds. The molecule has 9 heteroatoms. The van der Waals surface area contributed by atoms with Gasteiger partial charge in [0.05, 0.1) is 14.8 Å². The van der Waals surface area contributed by atoms with Crippen LogP contribution in [0.15, 0.2) is 76.8 Å². The Kier molecular flexibility index (Phi) is 6.18. The van der Waals surface area contributed by atoms with Crippen molar-refractivity contribution in [2.75, 3.05) is 5.32 Å². The average Bonchev–Trinajstić information content (AvgIpc) is 2.67. The lowest BCUT2D eigenvalue weighted by Crippen LogP contribution is -2.28. The predicted octanol–water partition coefficient (Wildman–Crippen LogP) is 4.54. The maximum atomic E-state index is 12.7. The van der Waals surface area contributed by atoms with Crippen molar-refractivity contribution in [3.8, 4) is 0 Å². The van der Waals surface area contributed by atoms with Crippen LogP contribution in [0.4, 0.5) is 10.5 Å². The van der Waals surface area contributed by atoms with Crippen LogP contribution in [0.1, 0.15) is 5.56 Å². The van der Waals surface area contributed by atoms with E-state index in [1.807, 2.05) is 6.07 Å². The van der Waals surface area contributed by atoms with Gasteiger partial charge in [0.2, 0.25) is 9.84 Å². The van der Waals surface area contributed by atoms with Crippen molar-refractivity contribution in [1.82, 2.24) is 10.3 Å². The van der Waals surface area contributed by atoms with E-state index >= 15 is 0 Å². The van der Waals surface area contributed by atoms with E-state index < -0.39 is 15.9 Å². The van der Waals surface area contributed by atoms with Gasteiger partial charge in [-0.2, -0.15) is 0 Å². The highest BCUT2D eigenvalue weighted by atomic mass is 35.5. The minimum Gasteiger partial charge on any atom is -0.334 e. The number of amides is 2. The van der Waals surface area contributed by atoms with Gasteiger partial charge in [0.25, 0.3) is 0 Å². The molecule has 1 aromatic heterocycles. The highest BCUT2D eigenvalue weighted by molar-refractivity contribution is 7.91. The number of hydrogen-bond donors (Lipinski definition) is 2. The Balaban J connectivity index is 1.68. The average molecular weight is 436 g/mol. The molecular formula is C19H15Cl2N3O3S. The smallest absolute Gasteiger partial charge is 0.319 e. The topological polar surface area (TPSA) is 88.2 Å². The molecule has 0 aliphatic rings. The number of nitrogens with zero attached hydrogens (tertiary/aromatic N) is 1. The second-order valence-electron chi connectivity index (χ2n) is 5.77.